The van der Waals surface area contributed by atoms with Crippen molar-refractivity contribution in [2.45, 2.75) is 12.8 Å². The van der Waals surface area contributed by atoms with Crippen LogP contribution in [0.4, 0.5) is 0 Å². The smallest absolute Gasteiger partial charge is 0.325 e. The van der Waals surface area contributed by atoms with Crippen LogP contribution in [0.5, 0.6) is 0 Å². The largest absolute Gasteiger partial charge is 0.481 e. The molecule has 0 aliphatic rings. The number of hydroxylamine groups is 1. The first kappa shape index (κ1) is 8.90. The Bertz CT molecular complexity index is 134. The van der Waals surface area contributed by atoms with Crippen molar-refractivity contribution < 1.29 is 19.5 Å². The van der Waals surface area contributed by atoms with Gasteiger partial charge in [0.05, 0.1) is 12.8 Å². The Hall–Kier alpha value is -1.10. The van der Waals surface area contributed by atoms with Crippen molar-refractivity contribution in [2.24, 2.45) is 0 Å². The molecule has 0 saturated heterocycles. The normalized spacial score (nSPS) is 8.90. The van der Waals surface area contributed by atoms with E-state index < -0.39 is 11.9 Å². The number of carboxylic acid groups (broad SMARTS) is 1. The fraction of sp³-hybridized carbons (Fsp3) is 0.600. The summed E-state index contributed by atoms with van der Waals surface area (Å²) in [7, 11) is 1.43. The van der Waals surface area contributed by atoms with E-state index in [1.54, 1.807) is 0 Å². The summed E-state index contributed by atoms with van der Waals surface area (Å²) in [6.07, 6.45) is -0.295. The highest BCUT2D eigenvalue weighted by Gasteiger charge is 2.04. The average molecular weight is 147 g/mol. The second kappa shape index (κ2) is 4.75. The van der Waals surface area contributed by atoms with Gasteiger partial charge >= 0.3 is 11.9 Å². The standard InChI is InChI=1S/C5H9NO4/c1-6-10-5(9)3-2-4(7)8/h6H,2-3H2,1H3,(H,7,8). The first-order valence-electron chi connectivity index (χ1n) is 2.75. The number of hydrogen-bond donors (Lipinski definition) is 2. The summed E-state index contributed by atoms with van der Waals surface area (Å²) in [6.45, 7) is 0. The predicted molar refractivity (Wildman–Crippen MR) is 32.0 cm³/mol. The van der Waals surface area contributed by atoms with Crippen molar-refractivity contribution in [1.82, 2.24) is 5.48 Å². The maximum absolute atomic E-state index is 10.4. The lowest BCUT2D eigenvalue weighted by molar-refractivity contribution is -0.152. The van der Waals surface area contributed by atoms with Gasteiger partial charge in [-0.25, -0.2) is 0 Å². The Morgan fingerprint density at radius 1 is 1.50 bits per heavy atom. The zero-order valence-corrected chi connectivity index (χ0v) is 5.59. The number of carboxylic acids is 1. The Morgan fingerprint density at radius 2 is 2.10 bits per heavy atom. The van der Waals surface area contributed by atoms with E-state index in [1.807, 2.05) is 0 Å². The van der Waals surface area contributed by atoms with E-state index in [2.05, 4.69) is 10.3 Å². The van der Waals surface area contributed by atoms with Crippen molar-refractivity contribution in [3.05, 3.63) is 0 Å². The predicted octanol–water partition coefficient (Wildman–Crippen LogP) is -0.471. The monoisotopic (exact) mass is 147 g/mol. The van der Waals surface area contributed by atoms with E-state index in [0.717, 1.165) is 0 Å². The third-order valence-corrected chi connectivity index (χ3v) is 0.759. The molecule has 0 spiro atoms. The van der Waals surface area contributed by atoms with Crippen LogP contribution in [0.15, 0.2) is 0 Å². The fourth-order valence-corrected chi connectivity index (χ4v) is 0.374. The molecule has 0 fully saturated rings. The molecular formula is C5H9NO4. The molecule has 0 aliphatic carbocycles. The lowest BCUT2D eigenvalue weighted by Crippen LogP contribution is -2.15. The minimum Gasteiger partial charge on any atom is -0.481 e. The first-order valence-corrected chi connectivity index (χ1v) is 2.75. The third-order valence-electron chi connectivity index (χ3n) is 0.759. The molecule has 0 heterocycles. The van der Waals surface area contributed by atoms with E-state index in [9.17, 15) is 9.59 Å². The van der Waals surface area contributed by atoms with Crippen LogP contribution in [-0.2, 0) is 14.4 Å². The van der Waals surface area contributed by atoms with E-state index in [-0.39, 0.29) is 12.8 Å². The topological polar surface area (TPSA) is 75.6 Å². The highest BCUT2D eigenvalue weighted by Crippen LogP contribution is 1.89. The van der Waals surface area contributed by atoms with Crippen LogP contribution in [0.2, 0.25) is 0 Å². The number of rotatable bonds is 4. The van der Waals surface area contributed by atoms with Crippen LogP contribution >= 0.6 is 0 Å². The van der Waals surface area contributed by atoms with Gasteiger partial charge in [-0.1, -0.05) is 0 Å². The van der Waals surface area contributed by atoms with Gasteiger partial charge in [-0.15, -0.1) is 0 Å². The average Bonchev–Trinajstić information content (AvgIpc) is 1.85. The van der Waals surface area contributed by atoms with Gasteiger partial charge in [0.1, 0.15) is 0 Å². The van der Waals surface area contributed by atoms with Crippen molar-refractivity contribution in [3.8, 4) is 0 Å². The molecule has 0 radical (unpaired) electrons. The molecule has 0 aromatic rings. The van der Waals surface area contributed by atoms with E-state index in [4.69, 9.17) is 5.11 Å². The lowest BCUT2D eigenvalue weighted by Gasteiger charge is -1.97. The Labute approximate surface area is 57.9 Å². The van der Waals surface area contributed by atoms with Gasteiger partial charge in [-0.2, -0.15) is 5.48 Å². The molecule has 10 heavy (non-hydrogen) atoms. The summed E-state index contributed by atoms with van der Waals surface area (Å²) in [6, 6.07) is 0. The summed E-state index contributed by atoms with van der Waals surface area (Å²) < 4.78 is 0. The quantitative estimate of drug-likeness (QED) is 0.526. The Balaban J connectivity index is 3.30. The van der Waals surface area contributed by atoms with Crippen LogP contribution in [0.3, 0.4) is 0 Å². The van der Waals surface area contributed by atoms with Gasteiger partial charge in [0, 0.05) is 7.05 Å². The van der Waals surface area contributed by atoms with Crippen molar-refractivity contribution in [3.63, 3.8) is 0 Å². The number of hydrogen-bond acceptors (Lipinski definition) is 4. The van der Waals surface area contributed by atoms with Gasteiger partial charge < -0.3 is 9.94 Å². The molecule has 5 nitrogen and oxygen atoms in total. The molecule has 0 amide bonds. The molecule has 0 bridgehead atoms. The highest BCUT2D eigenvalue weighted by molar-refractivity contribution is 5.76. The molecule has 0 aliphatic heterocycles. The molecule has 58 valence electrons. The second-order valence-electron chi connectivity index (χ2n) is 1.57. The minimum absolute atomic E-state index is 0.101. The van der Waals surface area contributed by atoms with Gasteiger partial charge in [0.25, 0.3) is 0 Å². The maximum atomic E-state index is 10.4. The molecule has 0 aromatic heterocycles. The van der Waals surface area contributed by atoms with Gasteiger partial charge in [0.2, 0.25) is 0 Å². The van der Waals surface area contributed by atoms with Gasteiger partial charge in [0.15, 0.2) is 0 Å². The Morgan fingerprint density at radius 3 is 2.50 bits per heavy atom. The minimum atomic E-state index is -1.01. The van der Waals surface area contributed by atoms with Crippen LogP contribution in [0.25, 0.3) is 0 Å². The first-order chi connectivity index (χ1) is 4.66. The van der Waals surface area contributed by atoms with Crippen molar-refractivity contribution in [1.29, 1.82) is 0 Å². The summed E-state index contributed by atoms with van der Waals surface area (Å²) in [4.78, 5) is 24.5. The summed E-state index contributed by atoms with van der Waals surface area (Å²) in [5, 5.41) is 8.10. The highest BCUT2D eigenvalue weighted by atomic mass is 16.7. The van der Waals surface area contributed by atoms with Crippen LogP contribution in [-0.4, -0.2) is 24.1 Å². The van der Waals surface area contributed by atoms with Crippen LogP contribution < -0.4 is 5.48 Å². The summed E-state index contributed by atoms with van der Waals surface area (Å²) in [5.41, 5.74) is 2.15. The molecular weight excluding hydrogens is 138 g/mol. The lowest BCUT2D eigenvalue weighted by atomic mass is 10.3. The number of aliphatic carboxylic acids is 1. The molecule has 0 atom stereocenters. The number of carbonyl (C=O) groups excluding carboxylic acids is 1. The van der Waals surface area contributed by atoms with Crippen molar-refractivity contribution in [2.75, 3.05) is 7.05 Å². The van der Waals surface area contributed by atoms with Crippen molar-refractivity contribution >= 4 is 11.9 Å². The molecule has 5 heteroatoms. The SMILES string of the molecule is CNOC(=O)CCC(=O)O. The van der Waals surface area contributed by atoms with Crippen LogP contribution in [0, 0.1) is 0 Å². The van der Waals surface area contributed by atoms with E-state index >= 15 is 0 Å². The van der Waals surface area contributed by atoms with E-state index in [1.165, 1.54) is 7.05 Å². The summed E-state index contributed by atoms with van der Waals surface area (Å²) >= 11 is 0. The van der Waals surface area contributed by atoms with E-state index in [0.29, 0.717) is 0 Å². The zero-order chi connectivity index (χ0) is 7.98. The number of carbonyl (C=O) groups is 2. The van der Waals surface area contributed by atoms with Gasteiger partial charge in [-0.05, 0) is 0 Å². The van der Waals surface area contributed by atoms with Crippen LogP contribution in [0.1, 0.15) is 12.8 Å². The summed E-state index contributed by atoms with van der Waals surface area (Å²) in [5.74, 6) is -1.57. The Kier molecular flexibility index (Phi) is 4.23. The third kappa shape index (κ3) is 5.04. The molecule has 0 unspecified atom stereocenters. The zero-order valence-electron chi connectivity index (χ0n) is 5.59. The second-order valence-corrected chi connectivity index (χ2v) is 1.57. The van der Waals surface area contributed by atoms with Gasteiger partial charge in [-0.3, -0.25) is 9.59 Å². The fourth-order valence-electron chi connectivity index (χ4n) is 0.374. The molecule has 0 aromatic carbocycles. The molecule has 2 N–H and O–H groups in total. The molecule has 0 saturated carbocycles. The molecule has 0 rings (SSSR count). The maximum Gasteiger partial charge on any atom is 0.325 e. The number of nitrogens with one attached hydrogen (secondary N) is 1.